The number of carbonyl (C=O) groups is 2. The van der Waals surface area contributed by atoms with E-state index < -0.39 is 0 Å². The van der Waals surface area contributed by atoms with Gasteiger partial charge in [0.05, 0.1) is 24.4 Å². The van der Waals surface area contributed by atoms with Crippen molar-refractivity contribution in [2.75, 3.05) is 26.4 Å². The number of hydrogen-bond donors (Lipinski definition) is 0. The molecule has 8 heteroatoms. The van der Waals surface area contributed by atoms with Crippen LogP contribution in [-0.2, 0) is 38.0 Å². The molecule has 4 aliphatic heterocycles. The van der Waals surface area contributed by atoms with Crippen molar-refractivity contribution in [3.05, 3.63) is 0 Å². The second kappa shape index (κ2) is 18.3. The van der Waals surface area contributed by atoms with E-state index in [1.54, 1.807) is 0 Å². The van der Waals surface area contributed by atoms with Crippen LogP contribution in [0.15, 0.2) is 0 Å². The molecule has 0 aromatic heterocycles. The van der Waals surface area contributed by atoms with E-state index in [9.17, 15) is 9.59 Å². The molecule has 4 heterocycles. The highest BCUT2D eigenvalue weighted by atomic mass is 16.5. The summed E-state index contributed by atoms with van der Waals surface area (Å²) in [5, 5.41) is 0. The van der Waals surface area contributed by atoms with Crippen molar-refractivity contribution in [1.29, 1.82) is 0 Å². The molecule has 0 aliphatic carbocycles. The lowest BCUT2D eigenvalue weighted by Crippen LogP contribution is -2.23. The van der Waals surface area contributed by atoms with Crippen LogP contribution in [0.5, 0.6) is 0 Å². The molecule has 0 radical (unpaired) electrons. The van der Waals surface area contributed by atoms with Crippen molar-refractivity contribution in [3.8, 4) is 0 Å². The van der Waals surface area contributed by atoms with Gasteiger partial charge in [-0.1, -0.05) is 0 Å². The molecule has 40 heavy (non-hydrogen) atoms. The Morgan fingerprint density at radius 3 is 1.07 bits per heavy atom. The topological polar surface area (TPSA) is 89.5 Å². The van der Waals surface area contributed by atoms with Crippen molar-refractivity contribution in [1.82, 2.24) is 0 Å². The fraction of sp³-hybridized carbons (Fsp3) is 0.938. The Morgan fingerprint density at radius 2 is 0.825 bits per heavy atom. The molecule has 0 aromatic carbocycles. The molecular weight excluding hydrogens is 512 g/mol. The first-order chi connectivity index (χ1) is 19.6. The first kappa shape index (κ1) is 31.7. The molecule has 0 amide bonds. The highest BCUT2D eigenvalue weighted by Gasteiger charge is 2.25. The van der Waals surface area contributed by atoms with Gasteiger partial charge in [0.1, 0.15) is 12.2 Å². The van der Waals surface area contributed by atoms with Crippen molar-refractivity contribution >= 4 is 11.9 Å². The third kappa shape index (κ3) is 12.3. The molecule has 4 fully saturated rings. The van der Waals surface area contributed by atoms with Crippen molar-refractivity contribution in [2.24, 2.45) is 0 Å². The second-order valence-electron chi connectivity index (χ2n) is 12.3. The Balaban J connectivity index is 1.12. The van der Waals surface area contributed by atoms with Gasteiger partial charge < -0.3 is 28.4 Å². The highest BCUT2D eigenvalue weighted by molar-refractivity contribution is 5.70. The zero-order chi connectivity index (χ0) is 27.8. The van der Waals surface area contributed by atoms with Gasteiger partial charge in [0.15, 0.2) is 0 Å². The van der Waals surface area contributed by atoms with E-state index in [1.807, 2.05) is 0 Å². The first-order valence-corrected chi connectivity index (χ1v) is 16.5. The van der Waals surface area contributed by atoms with E-state index >= 15 is 0 Å². The number of rotatable bonds is 19. The van der Waals surface area contributed by atoms with Crippen LogP contribution in [0, 0.1) is 0 Å². The van der Waals surface area contributed by atoms with E-state index in [0.717, 1.165) is 129 Å². The molecule has 0 N–H and O–H groups in total. The molecule has 4 aliphatic rings. The smallest absolute Gasteiger partial charge is 0.306 e. The van der Waals surface area contributed by atoms with Gasteiger partial charge in [0, 0.05) is 39.3 Å². The maximum absolute atomic E-state index is 12.7. The monoisotopic (exact) mass is 566 g/mol. The van der Waals surface area contributed by atoms with E-state index in [-0.39, 0.29) is 24.1 Å². The van der Waals surface area contributed by atoms with Gasteiger partial charge in [-0.3, -0.25) is 9.59 Å². The molecule has 4 atom stereocenters. The van der Waals surface area contributed by atoms with Crippen LogP contribution >= 0.6 is 0 Å². The summed E-state index contributed by atoms with van der Waals surface area (Å²) < 4.78 is 34.9. The Bertz CT molecular complexity index is 606. The Kier molecular flexibility index (Phi) is 14.5. The number of unbranched alkanes of at least 4 members (excludes halogenated alkanes) is 1. The van der Waals surface area contributed by atoms with Crippen molar-refractivity contribution in [2.45, 2.75) is 165 Å². The molecule has 0 aromatic rings. The molecular formula is C32H54O8. The van der Waals surface area contributed by atoms with Crippen molar-refractivity contribution < 1.29 is 38.0 Å². The fourth-order valence-electron chi connectivity index (χ4n) is 6.53. The fourth-order valence-corrected chi connectivity index (χ4v) is 6.53. The normalized spacial score (nSPS) is 26.8. The number of esters is 2. The van der Waals surface area contributed by atoms with Crippen LogP contribution in [0.4, 0.5) is 0 Å². The molecule has 0 spiro atoms. The van der Waals surface area contributed by atoms with Gasteiger partial charge in [0.2, 0.25) is 0 Å². The average molecular weight is 567 g/mol. The first-order valence-electron chi connectivity index (χ1n) is 16.5. The molecule has 0 bridgehead atoms. The summed E-state index contributed by atoms with van der Waals surface area (Å²) >= 11 is 0. The third-order valence-electron chi connectivity index (χ3n) is 8.95. The second-order valence-corrected chi connectivity index (χ2v) is 12.3. The zero-order valence-corrected chi connectivity index (χ0v) is 24.7. The van der Waals surface area contributed by atoms with Gasteiger partial charge in [0.25, 0.3) is 0 Å². The van der Waals surface area contributed by atoms with Gasteiger partial charge in [-0.15, -0.1) is 0 Å². The van der Waals surface area contributed by atoms with Crippen LogP contribution in [0.2, 0.25) is 0 Å². The SMILES string of the molecule is O=C(CCCCC(=O)OC(CC[C@@H]1CCCO1)CC[C@@H]1CCCO1)OC(CC[C@H]1CCCO1)CC[C@H]1CCCO1. The van der Waals surface area contributed by atoms with Gasteiger partial charge >= 0.3 is 11.9 Å². The van der Waals surface area contributed by atoms with E-state index in [4.69, 9.17) is 28.4 Å². The van der Waals surface area contributed by atoms with Gasteiger partial charge in [-0.25, -0.2) is 0 Å². The minimum Gasteiger partial charge on any atom is -0.462 e. The number of ether oxygens (including phenoxy) is 6. The predicted molar refractivity (Wildman–Crippen MR) is 151 cm³/mol. The van der Waals surface area contributed by atoms with Crippen LogP contribution in [-0.4, -0.2) is 75.0 Å². The Hall–Kier alpha value is -1.22. The molecule has 0 saturated carbocycles. The lowest BCUT2D eigenvalue weighted by molar-refractivity contribution is -0.152. The molecule has 8 nitrogen and oxygen atoms in total. The van der Waals surface area contributed by atoms with Crippen LogP contribution in [0.3, 0.4) is 0 Å². The van der Waals surface area contributed by atoms with Gasteiger partial charge in [-0.05, 0) is 116 Å². The summed E-state index contributed by atoms with van der Waals surface area (Å²) in [4.78, 5) is 25.3. The van der Waals surface area contributed by atoms with E-state index in [1.165, 1.54) is 0 Å². The van der Waals surface area contributed by atoms with Crippen LogP contribution in [0.1, 0.15) is 128 Å². The zero-order valence-electron chi connectivity index (χ0n) is 24.7. The average Bonchev–Trinajstić information content (AvgIpc) is 3.78. The molecule has 4 rings (SSSR count). The van der Waals surface area contributed by atoms with Crippen LogP contribution < -0.4 is 0 Å². The summed E-state index contributed by atoms with van der Waals surface area (Å²) in [7, 11) is 0. The molecule has 4 saturated heterocycles. The Labute approximate surface area is 241 Å². The summed E-state index contributed by atoms with van der Waals surface area (Å²) in [6, 6.07) is 0. The lowest BCUT2D eigenvalue weighted by atomic mass is 10.0. The van der Waals surface area contributed by atoms with Gasteiger partial charge in [-0.2, -0.15) is 0 Å². The van der Waals surface area contributed by atoms with E-state index in [2.05, 4.69) is 0 Å². The third-order valence-corrected chi connectivity index (χ3v) is 8.95. The lowest BCUT2D eigenvalue weighted by Gasteiger charge is -2.21. The minimum atomic E-state index is -0.163. The molecule has 0 unspecified atom stereocenters. The maximum Gasteiger partial charge on any atom is 0.306 e. The summed E-state index contributed by atoms with van der Waals surface area (Å²) in [6.07, 6.45) is 19.0. The maximum atomic E-state index is 12.7. The summed E-state index contributed by atoms with van der Waals surface area (Å²) in [6.45, 7) is 3.38. The minimum absolute atomic E-state index is 0.0840. The summed E-state index contributed by atoms with van der Waals surface area (Å²) in [5.41, 5.74) is 0. The number of carbonyl (C=O) groups excluding carboxylic acids is 2. The Morgan fingerprint density at radius 1 is 0.525 bits per heavy atom. The van der Waals surface area contributed by atoms with E-state index in [0.29, 0.717) is 50.1 Å². The quantitative estimate of drug-likeness (QED) is 0.135. The number of hydrogen-bond acceptors (Lipinski definition) is 8. The predicted octanol–water partition coefficient (Wildman–Crippen LogP) is 6.21. The molecule has 230 valence electrons. The largest absolute Gasteiger partial charge is 0.462 e. The van der Waals surface area contributed by atoms with Crippen molar-refractivity contribution in [3.63, 3.8) is 0 Å². The highest BCUT2D eigenvalue weighted by Crippen LogP contribution is 2.25. The summed E-state index contributed by atoms with van der Waals surface area (Å²) in [5.74, 6) is -0.326. The van der Waals surface area contributed by atoms with Crippen LogP contribution in [0.25, 0.3) is 0 Å². The standard InChI is InChI=1S/C32H54O8/c33-31(39-29(17-13-25-7-3-21-35-25)18-14-26-8-4-22-36-26)11-1-2-12-32(34)40-30(19-15-27-9-5-23-37-27)20-16-28-10-6-24-38-28/h25-30H,1-24H2/t25-,26-,27+,28+.